The van der Waals surface area contributed by atoms with Crippen LogP contribution in [0.3, 0.4) is 0 Å². The first-order chi connectivity index (χ1) is 3.96. The van der Waals surface area contributed by atoms with Gasteiger partial charge in [-0.05, 0) is 19.3 Å². The third kappa shape index (κ3) is 1.07. The molecule has 1 rings (SSSR count). The Balaban J connectivity index is 2.84. The van der Waals surface area contributed by atoms with Gasteiger partial charge in [-0.2, -0.15) is 0 Å². The van der Waals surface area contributed by atoms with Crippen molar-refractivity contribution in [3.63, 3.8) is 0 Å². The Kier molecular flexibility index (Phi) is 1.49. The Morgan fingerprint density at radius 2 is 1.89 bits per heavy atom. The Morgan fingerprint density at radius 1 is 1.44 bits per heavy atom. The van der Waals surface area contributed by atoms with E-state index >= 15 is 0 Å². The molecule has 1 fully saturated rings. The standard InChI is InChI=1S/C4H8ClNO2S/c5-4(2-1-3-4)9(6,7)8/h1-3H2,(H2,6,7,8). The van der Waals surface area contributed by atoms with E-state index in [1.165, 1.54) is 0 Å². The van der Waals surface area contributed by atoms with Crippen LogP contribution < -0.4 is 5.14 Å². The summed E-state index contributed by atoms with van der Waals surface area (Å²) < 4.78 is 20.0. The summed E-state index contributed by atoms with van der Waals surface area (Å²) in [4.78, 5) is 0. The molecule has 1 aliphatic rings. The third-order valence-corrected chi connectivity index (χ3v) is 4.06. The zero-order chi connectivity index (χ0) is 7.12. The minimum Gasteiger partial charge on any atom is -0.227 e. The zero-order valence-corrected chi connectivity index (χ0v) is 6.37. The lowest BCUT2D eigenvalue weighted by molar-refractivity contribution is 0.438. The van der Waals surface area contributed by atoms with Crippen LogP contribution in [-0.4, -0.2) is 12.6 Å². The van der Waals surface area contributed by atoms with Gasteiger partial charge in [0.2, 0.25) is 10.0 Å². The van der Waals surface area contributed by atoms with E-state index in [1.54, 1.807) is 0 Å². The zero-order valence-electron chi connectivity index (χ0n) is 4.80. The maximum absolute atomic E-state index is 10.6. The highest BCUT2D eigenvalue weighted by atomic mass is 35.5. The van der Waals surface area contributed by atoms with Crippen LogP contribution >= 0.6 is 11.6 Å². The molecule has 0 aromatic carbocycles. The first-order valence-corrected chi connectivity index (χ1v) is 4.59. The van der Waals surface area contributed by atoms with Gasteiger partial charge in [-0.15, -0.1) is 11.6 Å². The van der Waals surface area contributed by atoms with Crippen LogP contribution in [0.5, 0.6) is 0 Å². The Morgan fingerprint density at radius 3 is 1.89 bits per heavy atom. The molecule has 0 spiro atoms. The fraction of sp³-hybridized carbons (Fsp3) is 1.00. The van der Waals surface area contributed by atoms with Gasteiger partial charge in [0.15, 0.2) is 4.21 Å². The molecule has 5 heteroatoms. The molecule has 0 aromatic rings. The van der Waals surface area contributed by atoms with Gasteiger partial charge in [0.1, 0.15) is 0 Å². The average Bonchev–Trinajstić information content (AvgIpc) is 1.57. The quantitative estimate of drug-likeness (QED) is 0.578. The van der Waals surface area contributed by atoms with Crippen molar-refractivity contribution in [2.75, 3.05) is 0 Å². The van der Waals surface area contributed by atoms with E-state index in [-0.39, 0.29) is 0 Å². The van der Waals surface area contributed by atoms with E-state index in [0.29, 0.717) is 12.8 Å². The first kappa shape index (κ1) is 7.31. The molecule has 2 N–H and O–H groups in total. The summed E-state index contributed by atoms with van der Waals surface area (Å²) in [5.74, 6) is 0. The second-order valence-corrected chi connectivity index (χ2v) is 5.10. The number of nitrogens with two attached hydrogens (primary N) is 1. The largest absolute Gasteiger partial charge is 0.228 e. The summed E-state index contributed by atoms with van der Waals surface area (Å²) in [5.41, 5.74) is 0. The third-order valence-electron chi connectivity index (χ3n) is 1.61. The van der Waals surface area contributed by atoms with Crippen molar-refractivity contribution in [2.24, 2.45) is 5.14 Å². The number of hydrogen-bond donors (Lipinski definition) is 1. The number of hydrogen-bond acceptors (Lipinski definition) is 2. The minimum absolute atomic E-state index is 0.493. The van der Waals surface area contributed by atoms with Crippen LogP contribution in [0.2, 0.25) is 0 Å². The maximum Gasteiger partial charge on any atom is 0.228 e. The summed E-state index contributed by atoms with van der Waals surface area (Å²) in [6, 6.07) is 0. The highest BCUT2D eigenvalue weighted by Gasteiger charge is 2.45. The predicted octanol–water partition coefficient (Wildman–Crippen LogP) is 0.394. The van der Waals surface area contributed by atoms with Crippen LogP contribution in [0.15, 0.2) is 0 Å². The van der Waals surface area contributed by atoms with E-state index in [9.17, 15) is 8.42 Å². The molecule has 0 aliphatic heterocycles. The summed E-state index contributed by atoms with van der Waals surface area (Å²) in [5, 5.41) is 4.82. The first-order valence-electron chi connectivity index (χ1n) is 2.67. The van der Waals surface area contributed by atoms with E-state index in [1.807, 2.05) is 0 Å². The van der Waals surface area contributed by atoms with Crippen molar-refractivity contribution in [1.29, 1.82) is 0 Å². The summed E-state index contributed by atoms with van der Waals surface area (Å²) in [7, 11) is -3.50. The number of sulfonamides is 1. The number of primary sulfonamides is 1. The number of rotatable bonds is 1. The lowest BCUT2D eigenvalue weighted by atomic mass is 9.99. The maximum atomic E-state index is 10.6. The molecular formula is C4H8ClNO2S. The topological polar surface area (TPSA) is 60.2 Å². The van der Waals surface area contributed by atoms with Gasteiger partial charge in [0, 0.05) is 0 Å². The van der Waals surface area contributed by atoms with Crippen LogP contribution in [-0.2, 0) is 10.0 Å². The molecule has 1 saturated carbocycles. The second-order valence-electron chi connectivity index (χ2n) is 2.28. The fourth-order valence-electron chi connectivity index (χ4n) is 0.739. The Labute approximate surface area is 59.2 Å². The van der Waals surface area contributed by atoms with Crippen molar-refractivity contribution >= 4 is 21.6 Å². The molecule has 0 radical (unpaired) electrons. The van der Waals surface area contributed by atoms with Gasteiger partial charge in [-0.1, -0.05) is 0 Å². The normalized spacial score (nSPS) is 25.1. The highest BCUT2D eigenvalue weighted by Crippen LogP contribution is 2.41. The van der Waals surface area contributed by atoms with Crippen molar-refractivity contribution < 1.29 is 8.42 Å². The molecule has 0 unspecified atom stereocenters. The van der Waals surface area contributed by atoms with Crippen LogP contribution in [0.4, 0.5) is 0 Å². The van der Waals surface area contributed by atoms with Gasteiger partial charge in [0.25, 0.3) is 0 Å². The Hall–Kier alpha value is 0.200. The van der Waals surface area contributed by atoms with Crippen molar-refractivity contribution in [1.82, 2.24) is 0 Å². The number of halogens is 1. The van der Waals surface area contributed by atoms with Gasteiger partial charge in [-0.3, -0.25) is 0 Å². The van der Waals surface area contributed by atoms with E-state index in [2.05, 4.69) is 0 Å². The lowest BCUT2D eigenvalue weighted by Gasteiger charge is -2.32. The minimum atomic E-state index is -3.50. The van der Waals surface area contributed by atoms with Gasteiger partial charge >= 0.3 is 0 Å². The molecule has 0 bridgehead atoms. The van der Waals surface area contributed by atoms with E-state index < -0.39 is 14.2 Å². The summed E-state index contributed by atoms with van der Waals surface area (Å²) >= 11 is 5.57. The predicted molar refractivity (Wildman–Crippen MR) is 35.5 cm³/mol. The highest BCUT2D eigenvalue weighted by molar-refractivity contribution is 7.92. The Bertz CT molecular complexity index is 207. The van der Waals surface area contributed by atoms with E-state index in [0.717, 1.165) is 6.42 Å². The molecule has 0 aromatic heterocycles. The van der Waals surface area contributed by atoms with Crippen molar-refractivity contribution in [2.45, 2.75) is 23.5 Å². The molecular weight excluding hydrogens is 162 g/mol. The molecule has 9 heavy (non-hydrogen) atoms. The lowest BCUT2D eigenvalue weighted by Crippen LogP contribution is -2.43. The summed E-state index contributed by atoms with van der Waals surface area (Å²) in [6.45, 7) is 0. The summed E-state index contributed by atoms with van der Waals surface area (Å²) in [6.07, 6.45) is 1.85. The number of alkyl halides is 1. The smallest absolute Gasteiger partial charge is 0.227 e. The molecule has 3 nitrogen and oxygen atoms in total. The molecule has 0 atom stereocenters. The van der Waals surface area contributed by atoms with Gasteiger partial charge < -0.3 is 0 Å². The average molecular weight is 170 g/mol. The molecule has 0 heterocycles. The molecule has 1 aliphatic carbocycles. The molecule has 54 valence electrons. The molecule has 0 amide bonds. The van der Waals surface area contributed by atoms with Crippen LogP contribution in [0.1, 0.15) is 19.3 Å². The van der Waals surface area contributed by atoms with Crippen molar-refractivity contribution in [3.8, 4) is 0 Å². The second kappa shape index (κ2) is 1.84. The van der Waals surface area contributed by atoms with Gasteiger partial charge in [-0.25, -0.2) is 13.6 Å². The van der Waals surface area contributed by atoms with Crippen LogP contribution in [0.25, 0.3) is 0 Å². The van der Waals surface area contributed by atoms with Crippen molar-refractivity contribution in [3.05, 3.63) is 0 Å². The monoisotopic (exact) mass is 169 g/mol. The SMILES string of the molecule is NS(=O)(=O)C1(Cl)CCC1. The molecule has 0 saturated heterocycles. The fourth-order valence-corrected chi connectivity index (χ4v) is 1.86. The van der Waals surface area contributed by atoms with E-state index in [4.69, 9.17) is 16.7 Å². The van der Waals surface area contributed by atoms with Gasteiger partial charge in [0.05, 0.1) is 0 Å². The van der Waals surface area contributed by atoms with Crippen LogP contribution in [0, 0.1) is 0 Å².